The van der Waals surface area contributed by atoms with E-state index in [4.69, 9.17) is 4.42 Å². The van der Waals surface area contributed by atoms with Gasteiger partial charge in [-0.2, -0.15) is 0 Å². The highest BCUT2D eigenvalue weighted by Gasteiger charge is 2.07. The summed E-state index contributed by atoms with van der Waals surface area (Å²) < 4.78 is 6.99. The Kier molecular flexibility index (Phi) is 3.06. The normalized spacial score (nSPS) is 10.8. The standard InChI is InChI=1S/C13H15N5O/c1-2-14-11-8-18-5-4-15-13(18)12(17-11)16-7-10-3-6-19-9-10/h3-6,8-9,14H,2,7H2,1H3,(H,16,17). The topological polar surface area (TPSA) is 67.4 Å². The Morgan fingerprint density at radius 2 is 2.32 bits per heavy atom. The lowest BCUT2D eigenvalue weighted by Crippen LogP contribution is -2.07. The molecule has 98 valence electrons. The fraction of sp³-hybridized carbons (Fsp3) is 0.231. The number of anilines is 2. The number of hydrogen-bond donors (Lipinski definition) is 2. The molecule has 0 unspecified atom stereocenters. The van der Waals surface area contributed by atoms with Gasteiger partial charge in [-0.15, -0.1) is 0 Å². The van der Waals surface area contributed by atoms with Crippen LogP contribution in [0.4, 0.5) is 11.6 Å². The molecule has 0 bridgehead atoms. The van der Waals surface area contributed by atoms with Gasteiger partial charge < -0.3 is 19.5 Å². The van der Waals surface area contributed by atoms with Crippen LogP contribution < -0.4 is 10.6 Å². The van der Waals surface area contributed by atoms with E-state index in [9.17, 15) is 0 Å². The van der Waals surface area contributed by atoms with Crippen molar-refractivity contribution in [1.29, 1.82) is 0 Å². The number of nitrogens with one attached hydrogen (secondary N) is 2. The molecular formula is C13H15N5O. The summed E-state index contributed by atoms with van der Waals surface area (Å²) in [6.07, 6.45) is 8.96. The maximum Gasteiger partial charge on any atom is 0.180 e. The maximum atomic E-state index is 5.04. The van der Waals surface area contributed by atoms with Crippen LogP contribution in [0.5, 0.6) is 0 Å². The van der Waals surface area contributed by atoms with Gasteiger partial charge in [-0.1, -0.05) is 0 Å². The molecule has 3 rings (SSSR count). The van der Waals surface area contributed by atoms with Gasteiger partial charge in [-0.05, 0) is 13.0 Å². The number of nitrogens with zero attached hydrogens (tertiary/aromatic N) is 3. The summed E-state index contributed by atoms with van der Waals surface area (Å²) in [4.78, 5) is 8.83. The van der Waals surface area contributed by atoms with Crippen LogP contribution in [0, 0.1) is 0 Å². The van der Waals surface area contributed by atoms with E-state index in [1.165, 1.54) is 0 Å². The summed E-state index contributed by atoms with van der Waals surface area (Å²) in [5, 5.41) is 6.49. The van der Waals surface area contributed by atoms with E-state index in [2.05, 4.69) is 20.6 Å². The summed E-state index contributed by atoms with van der Waals surface area (Å²) in [5.41, 5.74) is 1.88. The summed E-state index contributed by atoms with van der Waals surface area (Å²) >= 11 is 0. The van der Waals surface area contributed by atoms with Gasteiger partial charge in [0, 0.05) is 31.0 Å². The van der Waals surface area contributed by atoms with Gasteiger partial charge in [0.2, 0.25) is 0 Å². The lowest BCUT2D eigenvalue weighted by Gasteiger charge is -2.09. The molecule has 0 aromatic carbocycles. The van der Waals surface area contributed by atoms with E-state index in [-0.39, 0.29) is 0 Å². The SMILES string of the molecule is CCNc1cn2ccnc2c(NCc2ccoc2)n1. The molecule has 19 heavy (non-hydrogen) atoms. The van der Waals surface area contributed by atoms with Crippen LogP contribution in [-0.4, -0.2) is 20.9 Å². The zero-order valence-electron chi connectivity index (χ0n) is 10.6. The zero-order valence-corrected chi connectivity index (χ0v) is 10.6. The van der Waals surface area contributed by atoms with Crippen LogP contribution in [0.15, 0.2) is 41.6 Å². The largest absolute Gasteiger partial charge is 0.472 e. The van der Waals surface area contributed by atoms with Crippen molar-refractivity contribution in [3.05, 3.63) is 42.7 Å². The third kappa shape index (κ3) is 2.37. The summed E-state index contributed by atoms with van der Waals surface area (Å²) in [7, 11) is 0. The Morgan fingerprint density at radius 1 is 1.37 bits per heavy atom. The third-order valence-corrected chi connectivity index (χ3v) is 2.77. The minimum atomic E-state index is 0.654. The van der Waals surface area contributed by atoms with Gasteiger partial charge in [0.15, 0.2) is 11.5 Å². The second kappa shape index (κ2) is 5.01. The quantitative estimate of drug-likeness (QED) is 0.734. The van der Waals surface area contributed by atoms with Crippen LogP contribution in [0.25, 0.3) is 5.65 Å². The number of rotatable bonds is 5. The highest BCUT2D eigenvalue weighted by molar-refractivity contribution is 5.65. The Bertz CT molecular complexity index is 659. The summed E-state index contributed by atoms with van der Waals surface area (Å²) in [6.45, 7) is 3.52. The molecule has 0 aliphatic heterocycles. The van der Waals surface area contributed by atoms with Crippen molar-refractivity contribution in [3.8, 4) is 0 Å². The Morgan fingerprint density at radius 3 is 3.11 bits per heavy atom. The highest BCUT2D eigenvalue weighted by Crippen LogP contribution is 2.17. The zero-order chi connectivity index (χ0) is 13.1. The van der Waals surface area contributed by atoms with Gasteiger partial charge in [-0.3, -0.25) is 0 Å². The van der Waals surface area contributed by atoms with Crippen molar-refractivity contribution in [3.63, 3.8) is 0 Å². The third-order valence-electron chi connectivity index (χ3n) is 2.77. The van der Waals surface area contributed by atoms with Crippen LogP contribution in [0.1, 0.15) is 12.5 Å². The molecule has 3 aromatic rings. The Balaban J connectivity index is 1.89. The lowest BCUT2D eigenvalue weighted by molar-refractivity contribution is 0.564. The fourth-order valence-electron chi connectivity index (χ4n) is 1.90. The second-order valence-electron chi connectivity index (χ2n) is 4.15. The van der Waals surface area contributed by atoms with E-state index in [0.29, 0.717) is 6.54 Å². The van der Waals surface area contributed by atoms with Crippen molar-refractivity contribution in [1.82, 2.24) is 14.4 Å². The molecule has 0 aliphatic carbocycles. The predicted octanol–water partition coefficient (Wildman–Crippen LogP) is 2.37. The molecule has 0 spiro atoms. The first-order chi connectivity index (χ1) is 9.36. The highest BCUT2D eigenvalue weighted by atomic mass is 16.3. The van der Waals surface area contributed by atoms with Gasteiger partial charge in [-0.25, -0.2) is 9.97 Å². The van der Waals surface area contributed by atoms with Crippen LogP contribution >= 0.6 is 0 Å². The minimum absolute atomic E-state index is 0.654. The molecule has 0 radical (unpaired) electrons. The van der Waals surface area contributed by atoms with Crippen LogP contribution in [-0.2, 0) is 6.54 Å². The summed E-state index contributed by atoms with van der Waals surface area (Å²) in [5.74, 6) is 1.58. The fourth-order valence-corrected chi connectivity index (χ4v) is 1.90. The molecule has 6 heteroatoms. The average Bonchev–Trinajstić information content (AvgIpc) is 3.07. The van der Waals surface area contributed by atoms with E-state index >= 15 is 0 Å². The van der Waals surface area contributed by atoms with Crippen molar-refractivity contribution in [2.45, 2.75) is 13.5 Å². The van der Waals surface area contributed by atoms with Gasteiger partial charge in [0.1, 0.15) is 5.82 Å². The second-order valence-corrected chi connectivity index (χ2v) is 4.15. The lowest BCUT2D eigenvalue weighted by atomic mass is 10.3. The first-order valence-electron chi connectivity index (χ1n) is 6.19. The molecule has 3 heterocycles. The number of furan rings is 1. The summed E-state index contributed by atoms with van der Waals surface area (Å²) in [6, 6.07) is 1.92. The Hall–Kier alpha value is -2.50. The van der Waals surface area contributed by atoms with Crippen molar-refractivity contribution in [2.24, 2.45) is 0 Å². The molecule has 0 atom stereocenters. The van der Waals surface area contributed by atoms with Crippen molar-refractivity contribution < 1.29 is 4.42 Å². The van der Waals surface area contributed by atoms with E-state index < -0.39 is 0 Å². The molecule has 0 aliphatic rings. The molecular weight excluding hydrogens is 242 g/mol. The molecule has 3 aromatic heterocycles. The number of hydrogen-bond acceptors (Lipinski definition) is 5. The van der Waals surface area contributed by atoms with Gasteiger partial charge >= 0.3 is 0 Å². The average molecular weight is 257 g/mol. The maximum absolute atomic E-state index is 5.04. The van der Waals surface area contributed by atoms with E-state index in [0.717, 1.165) is 29.4 Å². The van der Waals surface area contributed by atoms with E-state index in [1.54, 1.807) is 18.7 Å². The molecule has 0 saturated carbocycles. The first-order valence-corrected chi connectivity index (χ1v) is 6.19. The van der Waals surface area contributed by atoms with Crippen molar-refractivity contribution in [2.75, 3.05) is 17.2 Å². The Labute approximate surface area is 110 Å². The molecule has 0 fully saturated rings. The number of imidazole rings is 1. The van der Waals surface area contributed by atoms with Gasteiger partial charge in [0.05, 0.1) is 18.7 Å². The minimum Gasteiger partial charge on any atom is -0.472 e. The van der Waals surface area contributed by atoms with E-state index in [1.807, 2.05) is 29.8 Å². The molecule has 6 nitrogen and oxygen atoms in total. The monoisotopic (exact) mass is 257 g/mol. The number of fused-ring (bicyclic) bond motifs is 1. The van der Waals surface area contributed by atoms with Crippen LogP contribution in [0.2, 0.25) is 0 Å². The first kappa shape index (κ1) is 11.6. The number of aromatic nitrogens is 3. The van der Waals surface area contributed by atoms with Crippen LogP contribution in [0.3, 0.4) is 0 Å². The molecule has 0 amide bonds. The van der Waals surface area contributed by atoms with Gasteiger partial charge in [0.25, 0.3) is 0 Å². The molecule has 2 N–H and O–H groups in total. The van der Waals surface area contributed by atoms with Crippen molar-refractivity contribution >= 4 is 17.3 Å². The predicted molar refractivity (Wildman–Crippen MR) is 73.2 cm³/mol. The smallest absolute Gasteiger partial charge is 0.180 e. The molecule has 0 saturated heterocycles.